The molecule has 0 saturated heterocycles. The number of hydrogen-bond donors (Lipinski definition) is 1. The first-order chi connectivity index (χ1) is 12.7. The SMILES string of the molecule is COCc1nc2ccccc2n1CC(=O)Nc1ccc2c(c1)OCCO2. The van der Waals surface area contributed by atoms with E-state index in [-0.39, 0.29) is 12.5 Å². The van der Waals surface area contributed by atoms with Crippen LogP contribution in [0.5, 0.6) is 11.5 Å². The van der Waals surface area contributed by atoms with Crippen molar-refractivity contribution in [2.45, 2.75) is 13.2 Å². The molecule has 2 heterocycles. The molecule has 1 aromatic heterocycles. The molecule has 134 valence electrons. The van der Waals surface area contributed by atoms with E-state index in [0.29, 0.717) is 42.8 Å². The number of anilines is 1. The summed E-state index contributed by atoms with van der Waals surface area (Å²) in [5.41, 5.74) is 2.40. The Morgan fingerprint density at radius 2 is 2.00 bits per heavy atom. The first-order valence-corrected chi connectivity index (χ1v) is 8.37. The maximum absolute atomic E-state index is 12.6. The van der Waals surface area contributed by atoms with Gasteiger partial charge in [0.2, 0.25) is 5.91 Å². The zero-order valence-electron chi connectivity index (χ0n) is 14.4. The third kappa shape index (κ3) is 3.21. The summed E-state index contributed by atoms with van der Waals surface area (Å²) in [5.74, 6) is 1.90. The van der Waals surface area contributed by atoms with Crippen LogP contribution in [0.25, 0.3) is 11.0 Å². The second kappa shape index (κ2) is 7.05. The third-order valence-electron chi connectivity index (χ3n) is 4.13. The Hall–Kier alpha value is -3.06. The van der Waals surface area contributed by atoms with Crippen molar-refractivity contribution in [1.29, 1.82) is 0 Å². The van der Waals surface area contributed by atoms with E-state index in [1.54, 1.807) is 25.3 Å². The number of hydrogen-bond acceptors (Lipinski definition) is 5. The minimum Gasteiger partial charge on any atom is -0.486 e. The average molecular weight is 353 g/mol. The lowest BCUT2D eigenvalue weighted by molar-refractivity contribution is -0.116. The number of rotatable bonds is 5. The molecule has 0 fully saturated rings. The maximum Gasteiger partial charge on any atom is 0.244 e. The van der Waals surface area contributed by atoms with Crippen molar-refractivity contribution in [3.8, 4) is 11.5 Å². The Labute approximate surface area is 150 Å². The highest BCUT2D eigenvalue weighted by Crippen LogP contribution is 2.32. The van der Waals surface area contributed by atoms with Gasteiger partial charge in [-0.1, -0.05) is 12.1 Å². The third-order valence-corrected chi connectivity index (χ3v) is 4.13. The lowest BCUT2D eigenvalue weighted by Crippen LogP contribution is -2.21. The minimum absolute atomic E-state index is 0.146. The molecule has 1 amide bonds. The summed E-state index contributed by atoms with van der Waals surface area (Å²) in [4.78, 5) is 17.1. The highest BCUT2D eigenvalue weighted by molar-refractivity contribution is 5.92. The van der Waals surface area contributed by atoms with Crippen molar-refractivity contribution in [2.75, 3.05) is 25.6 Å². The van der Waals surface area contributed by atoms with E-state index >= 15 is 0 Å². The molecule has 0 bridgehead atoms. The average Bonchev–Trinajstić information content (AvgIpc) is 2.99. The van der Waals surface area contributed by atoms with Crippen molar-refractivity contribution in [1.82, 2.24) is 9.55 Å². The zero-order valence-corrected chi connectivity index (χ0v) is 14.4. The second-order valence-electron chi connectivity index (χ2n) is 5.94. The fourth-order valence-corrected chi connectivity index (χ4v) is 3.01. The van der Waals surface area contributed by atoms with Crippen molar-refractivity contribution >= 4 is 22.6 Å². The van der Waals surface area contributed by atoms with Crippen molar-refractivity contribution in [3.63, 3.8) is 0 Å². The van der Waals surface area contributed by atoms with E-state index in [9.17, 15) is 4.79 Å². The van der Waals surface area contributed by atoms with Crippen LogP contribution in [0.1, 0.15) is 5.82 Å². The topological polar surface area (TPSA) is 74.6 Å². The Kier molecular flexibility index (Phi) is 4.45. The molecular formula is C19H19N3O4. The van der Waals surface area contributed by atoms with E-state index in [1.165, 1.54) is 0 Å². The van der Waals surface area contributed by atoms with Crippen LogP contribution < -0.4 is 14.8 Å². The van der Waals surface area contributed by atoms with Gasteiger partial charge in [0.05, 0.1) is 11.0 Å². The van der Waals surface area contributed by atoms with Gasteiger partial charge in [-0.3, -0.25) is 4.79 Å². The van der Waals surface area contributed by atoms with Crippen molar-refractivity contribution < 1.29 is 19.0 Å². The zero-order chi connectivity index (χ0) is 17.9. The van der Waals surface area contributed by atoms with E-state index < -0.39 is 0 Å². The predicted octanol–water partition coefficient (Wildman–Crippen LogP) is 2.59. The molecule has 1 aliphatic rings. The van der Waals surface area contributed by atoms with Crippen LogP contribution in [0.15, 0.2) is 42.5 Å². The fourth-order valence-electron chi connectivity index (χ4n) is 3.01. The second-order valence-corrected chi connectivity index (χ2v) is 5.94. The van der Waals surface area contributed by atoms with Gasteiger partial charge in [0.1, 0.15) is 32.2 Å². The number of aromatic nitrogens is 2. The lowest BCUT2D eigenvalue weighted by Gasteiger charge is -2.19. The standard InChI is InChI=1S/C19H19N3O4/c1-24-12-18-21-14-4-2-3-5-15(14)22(18)11-19(23)20-13-6-7-16-17(10-13)26-9-8-25-16/h2-7,10H,8-9,11-12H2,1H3,(H,20,23). The molecule has 7 nitrogen and oxygen atoms in total. The Morgan fingerprint density at radius 3 is 2.85 bits per heavy atom. The summed E-state index contributed by atoms with van der Waals surface area (Å²) in [6, 6.07) is 13.1. The van der Waals surface area contributed by atoms with E-state index in [2.05, 4.69) is 10.3 Å². The number of amides is 1. The number of imidazole rings is 1. The molecule has 0 aliphatic carbocycles. The summed E-state index contributed by atoms with van der Waals surface area (Å²) in [5, 5.41) is 2.90. The molecular weight excluding hydrogens is 334 g/mol. The molecule has 4 rings (SSSR count). The molecule has 0 atom stereocenters. The van der Waals surface area contributed by atoms with Crippen LogP contribution in [0.3, 0.4) is 0 Å². The molecule has 0 saturated carbocycles. The number of nitrogens with zero attached hydrogens (tertiary/aromatic N) is 2. The van der Waals surface area contributed by atoms with Gasteiger partial charge in [-0.25, -0.2) is 4.98 Å². The van der Waals surface area contributed by atoms with Crippen LogP contribution >= 0.6 is 0 Å². The van der Waals surface area contributed by atoms with Gasteiger partial charge in [-0.05, 0) is 24.3 Å². The molecule has 0 radical (unpaired) electrons. The molecule has 2 aromatic carbocycles. The highest BCUT2D eigenvalue weighted by Gasteiger charge is 2.15. The number of para-hydroxylation sites is 2. The number of fused-ring (bicyclic) bond motifs is 2. The molecule has 26 heavy (non-hydrogen) atoms. The molecule has 1 N–H and O–H groups in total. The number of carbonyl (C=O) groups is 1. The normalized spacial score (nSPS) is 13.0. The first kappa shape index (κ1) is 16.4. The summed E-state index contributed by atoms with van der Waals surface area (Å²) >= 11 is 0. The van der Waals surface area contributed by atoms with Gasteiger partial charge in [0.25, 0.3) is 0 Å². The van der Waals surface area contributed by atoms with Gasteiger partial charge >= 0.3 is 0 Å². The highest BCUT2D eigenvalue weighted by atomic mass is 16.6. The van der Waals surface area contributed by atoms with Crippen molar-refractivity contribution in [2.24, 2.45) is 0 Å². The van der Waals surface area contributed by atoms with Gasteiger partial charge in [-0.15, -0.1) is 0 Å². The molecule has 0 spiro atoms. The van der Waals surface area contributed by atoms with Crippen LogP contribution in [0.4, 0.5) is 5.69 Å². The van der Waals surface area contributed by atoms with Crippen LogP contribution in [0, 0.1) is 0 Å². The fraction of sp³-hybridized carbons (Fsp3) is 0.263. The van der Waals surface area contributed by atoms with Gasteiger partial charge in [-0.2, -0.15) is 0 Å². The number of ether oxygens (including phenoxy) is 3. The predicted molar refractivity (Wildman–Crippen MR) is 96.5 cm³/mol. The van der Waals surface area contributed by atoms with Crippen LogP contribution in [-0.4, -0.2) is 35.8 Å². The van der Waals surface area contributed by atoms with Crippen LogP contribution in [0.2, 0.25) is 0 Å². The largest absolute Gasteiger partial charge is 0.486 e. The van der Waals surface area contributed by atoms with E-state index in [4.69, 9.17) is 14.2 Å². The number of benzene rings is 2. The van der Waals surface area contributed by atoms with E-state index in [0.717, 1.165) is 11.0 Å². The minimum atomic E-state index is -0.151. The summed E-state index contributed by atoms with van der Waals surface area (Å²) in [6.07, 6.45) is 0. The summed E-state index contributed by atoms with van der Waals surface area (Å²) < 4.78 is 18.1. The van der Waals surface area contributed by atoms with Crippen LogP contribution in [-0.2, 0) is 22.7 Å². The Morgan fingerprint density at radius 1 is 1.19 bits per heavy atom. The maximum atomic E-state index is 12.6. The van der Waals surface area contributed by atoms with Crippen molar-refractivity contribution in [3.05, 3.63) is 48.3 Å². The Balaban J connectivity index is 1.55. The molecule has 7 heteroatoms. The number of methoxy groups -OCH3 is 1. The first-order valence-electron chi connectivity index (χ1n) is 8.37. The smallest absolute Gasteiger partial charge is 0.244 e. The van der Waals surface area contributed by atoms with Gasteiger partial charge in [0, 0.05) is 18.9 Å². The molecule has 1 aliphatic heterocycles. The van der Waals surface area contributed by atoms with E-state index in [1.807, 2.05) is 28.8 Å². The summed E-state index contributed by atoms with van der Waals surface area (Å²) in [7, 11) is 1.61. The summed E-state index contributed by atoms with van der Waals surface area (Å²) in [6.45, 7) is 1.53. The van der Waals surface area contributed by atoms with Gasteiger partial charge in [0.15, 0.2) is 11.5 Å². The number of carbonyl (C=O) groups excluding carboxylic acids is 1. The number of nitrogens with one attached hydrogen (secondary N) is 1. The van der Waals surface area contributed by atoms with Gasteiger partial charge < -0.3 is 24.1 Å². The molecule has 0 unspecified atom stereocenters. The monoisotopic (exact) mass is 353 g/mol. The Bertz CT molecular complexity index is 951. The lowest BCUT2D eigenvalue weighted by atomic mass is 10.2. The quantitative estimate of drug-likeness (QED) is 0.763. The molecule has 3 aromatic rings.